The first kappa shape index (κ1) is 16.1. The summed E-state index contributed by atoms with van der Waals surface area (Å²) in [6.07, 6.45) is 3.26. The third-order valence-corrected chi connectivity index (χ3v) is 4.10. The van der Waals surface area contributed by atoms with Gasteiger partial charge in [-0.25, -0.2) is 4.98 Å². The molecule has 2 N–H and O–H groups in total. The first-order valence-electron chi connectivity index (χ1n) is 7.64. The van der Waals surface area contributed by atoms with Crippen LogP contribution in [0.5, 0.6) is 0 Å². The van der Waals surface area contributed by atoms with Gasteiger partial charge in [0.2, 0.25) is 0 Å². The molecule has 0 fully saturated rings. The monoisotopic (exact) mass is 305 g/mol. The van der Waals surface area contributed by atoms with Gasteiger partial charge in [-0.05, 0) is 31.4 Å². The second-order valence-electron chi connectivity index (χ2n) is 5.52. The second-order valence-corrected chi connectivity index (χ2v) is 5.87. The number of hydrogen-bond acceptors (Lipinski definition) is 2. The highest BCUT2D eigenvalue weighted by atomic mass is 35.5. The Labute approximate surface area is 132 Å². The van der Waals surface area contributed by atoms with E-state index in [0.717, 1.165) is 30.8 Å². The van der Waals surface area contributed by atoms with Gasteiger partial charge in [0.25, 0.3) is 0 Å². The summed E-state index contributed by atoms with van der Waals surface area (Å²) in [5.74, 6) is 0.988. The third-order valence-electron chi connectivity index (χ3n) is 3.78. The molecule has 0 aliphatic heterocycles. The Morgan fingerprint density at radius 2 is 2.10 bits per heavy atom. The van der Waals surface area contributed by atoms with Crippen LogP contribution in [0.3, 0.4) is 0 Å². The fraction of sp³-hybridized carbons (Fsp3) is 0.471. The Balaban J connectivity index is 1.96. The van der Waals surface area contributed by atoms with Crippen molar-refractivity contribution in [3.05, 3.63) is 52.1 Å². The second kappa shape index (κ2) is 7.62. The lowest BCUT2D eigenvalue weighted by Crippen LogP contribution is -2.19. The standard InChI is InChI=1S/C17H24ClN3/c1-4-5-10-16-20-15(17(18)21-16)11-19-13(3)14-9-7-6-8-12(14)2/h6-9,13,19H,4-5,10-11H2,1-3H3,(H,20,21)/t13-/m1/s1. The highest BCUT2D eigenvalue weighted by Crippen LogP contribution is 2.19. The molecule has 114 valence electrons. The average Bonchev–Trinajstić information content (AvgIpc) is 2.83. The van der Waals surface area contributed by atoms with E-state index in [1.807, 2.05) is 0 Å². The summed E-state index contributed by atoms with van der Waals surface area (Å²) in [4.78, 5) is 7.72. The van der Waals surface area contributed by atoms with E-state index in [1.165, 1.54) is 11.1 Å². The zero-order valence-corrected chi connectivity index (χ0v) is 13.8. The van der Waals surface area contributed by atoms with Gasteiger partial charge in [0.1, 0.15) is 5.82 Å². The SMILES string of the molecule is CCCCc1nc(Cl)c(CN[C@H](C)c2ccccc2C)[nH]1. The fourth-order valence-electron chi connectivity index (χ4n) is 2.46. The number of hydrogen-bond donors (Lipinski definition) is 2. The van der Waals surface area contributed by atoms with Crippen LogP contribution in [0.25, 0.3) is 0 Å². The lowest BCUT2D eigenvalue weighted by Gasteiger charge is -2.16. The van der Waals surface area contributed by atoms with Crippen molar-refractivity contribution in [3.8, 4) is 0 Å². The summed E-state index contributed by atoms with van der Waals surface area (Å²) in [5.41, 5.74) is 3.60. The van der Waals surface area contributed by atoms with Gasteiger partial charge >= 0.3 is 0 Å². The molecule has 2 rings (SSSR count). The molecule has 3 nitrogen and oxygen atoms in total. The van der Waals surface area contributed by atoms with Gasteiger partial charge in [-0.2, -0.15) is 0 Å². The Hall–Kier alpha value is -1.32. The molecular weight excluding hydrogens is 282 g/mol. The molecule has 0 spiro atoms. The van der Waals surface area contributed by atoms with E-state index in [9.17, 15) is 0 Å². The maximum absolute atomic E-state index is 6.20. The zero-order valence-electron chi connectivity index (χ0n) is 13.0. The molecule has 0 aliphatic rings. The number of H-pyrrole nitrogens is 1. The van der Waals surface area contributed by atoms with E-state index < -0.39 is 0 Å². The molecule has 0 saturated carbocycles. The molecule has 1 aromatic carbocycles. The molecule has 0 saturated heterocycles. The van der Waals surface area contributed by atoms with Crippen LogP contribution in [-0.4, -0.2) is 9.97 Å². The Bertz CT molecular complexity index is 577. The highest BCUT2D eigenvalue weighted by Gasteiger charge is 2.11. The minimum absolute atomic E-state index is 0.282. The topological polar surface area (TPSA) is 40.7 Å². The number of imidazole rings is 1. The number of halogens is 1. The molecule has 0 aliphatic carbocycles. The number of aromatic amines is 1. The zero-order chi connectivity index (χ0) is 15.2. The summed E-state index contributed by atoms with van der Waals surface area (Å²) in [6.45, 7) is 7.19. The number of nitrogens with one attached hydrogen (secondary N) is 2. The van der Waals surface area contributed by atoms with E-state index in [-0.39, 0.29) is 6.04 Å². The summed E-state index contributed by atoms with van der Waals surface area (Å²) in [5, 5.41) is 4.10. The van der Waals surface area contributed by atoms with E-state index in [4.69, 9.17) is 11.6 Å². The number of aromatic nitrogens is 2. The molecule has 1 heterocycles. The van der Waals surface area contributed by atoms with Gasteiger partial charge in [-0.15, -0.1) is 0 Å². The Morgan fingerprint density at radius 3 is 2.81 bits per heavy atom. The maximum Gasteiger partial charge on any atom is 0.151 e. The van der Waals surface area contributed by atoms with E-state index in [1.54, 1.807) is 0 Å². The Kier molecular flexibility index (Phi) is 5.83. The first-order chi connectivity index (χ1) is 10.1. The van der Waals surface area contributed by atoms with Crippen molar-refractivity contribution < 1.29 is 0 Å². The van der Waals surface area contributed by atoms with E-state index >= 15 is 0 Å². The lowest BCUT2D eigenvalue weighted by atomic mass is 10.0. The van der Waals surface area contributed by atoms with Gasteiger partial charge in [0.05, 0.1) is 5.69 Å². The summed E-state index contributed by atoms with van der Waals surface area (Å²) >= 11 is 6.20. The first-order valence-corrected chi connectivity index (χ1v) is 8.01. The molecule has 21 heavy (non-hydrogen) atoms. The molecular formula is C17H24ClN3. The molecule has 2 aromatic rings. The number of rotatable bonds is 7. The summed E-state index contributed by atoms with van der Waals surface area (Å²) in [6, 6.07) is 8.72. The van der Waals surface area contributed by atoms with Crippen LogP contribution in [-0.2, 0) is 13.0 Å². The van der Waals surface area contributed by atoms with Crippen molar-refractivity contribution in [2.24, 2.45) is 0 Å². The van der Waals surface area contributed by atoms with Crippen LogP contribution in [0.1, 0.15) is 55.4 Å². The van der Waals surface area contributed by atoms with Crippen molar-refractivity contribution in [1.82, 2.24) is 15.3 Å². The normalized spacial score (nSPS) is 12.6. The summed E-state index contributed by atoms with van der Waals surface area (Å²) < 4.78 is 0. The van der Waals surface area contributed by atoms with Gasteiger partial charge in [0.15, 0.2) is 5.15 Å². The molecule has 4 heteroatoms. The van der Waals surface area contributed by atoms with Crippen molar-refractivity contribution in [2.45, 2.75) is 52.6 Å². The smallest absolute Gasteiger partial charge is 0.151 e. The van der Waals surface area contributed by atoms with Crippen molar-refractivity contribution in [2.75, 3.05) is 0 Å². The largest absolute Gasteiger partial charge is 0.344 e. The van der Waals surface area contributed by atoms with Gasteiger partial charge in [-0.1, -0.05) is 49.2 Å². The molecule has 0 amide bonds. The van der Waals surface area contributed by atoms with Crippen LogP contribution in [0, 0.1) is 6.92 Å². The van der Waals surface area contributed by atoms with Crippen molar-refractivity contribution in [3.63, 3.8) is 0 Å². The van der Waals surface area contributed by atoms with Gasteiger partial charge in [-0.3, -0.25) is 0 Å². The molecule has 0 unspecified atom stereocenters. The van der Waals surface area contributed by atoms with Crippen LogP contribution >= 0.6 is 11.6 Å². The molecule has 0 bridgehead atoms. The number of aryl methyl sites for hydroxylation is 2. The quantitative estimate of drug-likeness (QED) is 0.787. The minimum atomic E-state index is 0.282. The molecule has 1 aromatic heterocycles. The third kappa shape index (κ3) is 4.32. The molecule has 1 atom stereocenters. The summed E-state index contributed by atoms with van der Waals surface area (Å²) in [7, 11) is 0. The van der Waals surface area contributed by atoms with Crippen molar-refractivity contribution in [1.29, 1.82) is 0 Å². The number of nitrogens with zero attached hydrogens (tertiary/aromatic N) is 1. The van der Waals surface area contributed by atoms with E-state index in [0.29, 0.717) is 11.7 Å². The van der Waals surface area contributed by atoms with Crippen LogP contribution in [0.2, 0.25) is 5.15 Å². The predicted molar refractivity (Wildman–Crippen MR) is 88.6 cm³/mol. The number of benzene rings is 1. The minimum Gasteiger partial charge on any atom is -0.344 e. The Morgan fingerprint density at radius 1 is 1.33 bits per heavy atom. The highest BCUT2D eigenvalue weighted by molar-refractivity contribution is 6.30. The van der Waals surface area contributed by atoms with Gasteiger partial charge in [0, 0.05) is 19.0 Å². The predicted octanol–water partition coefficient (Wildman–Crippen LogP) is 4.56. The molecule has 0 radical (unpaired) electrons. The van der Waals surface area contributed by atoms with Gasteiger partial charge < -0.3 is 10.3 Å². The van der Waals surface area contributed by atoms with Crippen LogP contribution in [0.4, 0.5) is 0 Å². The average molecular weight is 306 g/mol. The fourth-order valence-corrected chi connectivity index (χ4v) is 2.67. The van der Waals surface area contributed by atoms with E-state index in [2.05, 4.69) is 60.3 Å². The van der Waals surface area contributed by atoms with Crippen molar-refractivity contribution >= 4 is 11.6 Å². The maximum atomic E-state index is 6.20. The van der Waals surface area contributed by atoms with Crippen LogP contribution < -0.4 is 5.32 Å². The lowest BCUT2D eigenvalue weighted by molar-refractivity contribution is 0.566. The number of unbranched alkanes of at least 4 members (excludes halogenated alkanes) is 1. The van der Waals surface area contributed by atoms with Crippen LogP contribution in [0.15, 0.2) is 24.3 Å².